The number of hydrogen-bond acceptors (Lipinski definition) is 6. The zero-order chi connectivity index (χ0) is 24.1. The van der Waals surface area contributed by atoms with Crippen LogP contribution in [0, 0.1) is 0 Å². The summed E-state index contributed by atoms with van der Waals surface area (Å²) < 4.78 is 17.5. The molecule has 1 unspecified atom stereocenters. The van der Waals surface area contributed by atoms with Crippen molar-refractivity contribution in [2.75, 3.05) is 34.5 Å². The molecule has 1 aromatic heterocycles. The molecule has 1 amide bonds. The highest BCUT2D eigenvalue weighted by Gasteiger charge is 2.27. The number of amides is 1. The van der Waals surface area contributed by atoms with Gasteiger partial charge >= 0.3 is 0 Å². The average molecular weight is 474 g/mol. The Hall–Kier alpha value is -3.10. The van der Waals surface area contributed by atoms with Crippen LogP contribution in [0.2, 0.25) is 5.02 Å². The van der Waals surface area contributed by atoms with Gasteiger partial charge in [0.1, 0.15) is 17.3 Å². The van der Waals surface area contributed by atoms with Crippen LogP contribution in [0.1, 0.15) is 36.1 Å². The number of nitrogens with zero attached hydrogens (tertiary/aromatic N) is 3. The Balaban J connectivity index is 2.12. The van der Waals surface area contributed by atoms with Gasteiger partial charge in [-0.3, -0.25) is 14.2 Å². The van der Waals surface area contributed by atoms with Crippen LogP contribution < -0.4 is 15.0 Å². The van der Waals surface area contributed by atoms with Crippen molar-refractivity contribution in [3.05, 3.63) is 63.2 Å². The molecule has 8 nitrogen and oxygen atoms in total. The van der Waals surface area contributed by atoms with Gasteiger partial charge in [-0.1, -0.05) is 11.6 Å². The van der Waals surface area contributed by atoms with E-state index in [1.807, 2.05) is 13.8 Å². The normalized spacial score (nSPS) is 11.9. The number of benzene rings is 2. The van der Waals surface area contributed by atoms with Crippen LogP contribution in [-0.4, -0.2) is 54.8 Å². The van der Waals surface area contributed by atoms with Crippen LogP contribution in [-0.2, 0) is 11.3 Å². The fraction of sp³-hybridized carbons (Fsp3) is 0.375. The van der Waals surface area contributed by atoms with Gasteiger partial charge in [-0.15, -0.1) is 0 Å². The smallest absolute Gasteiger partial charge is 0.261 e. The van der Waals surface area contributed by atoms with E-state index in [2.05, 4.69) is 0 Å². The molecule has 176 valence electrons. The quantitative estimate of drug-likeness (QED) is 0.468. The molecule has 2 aromatic carbocycles. The zero-order valence-corrected chi connectivity index (χ0v) is 20.2. The number of halogens is 1. The van der Waals surface area contributed by atoms with Crippen molar-refractivity contribution in [1.82, 2.24) is 14.5 Å². The van der Waals surface area contributed by atoms with Crippen molar-refractivity contribution >= 4 is 28.4 Å². The highest BCUT2D eigenvalue weighted by molar-refractivity contribution is 6.31. The SMILES string of the molecule is CCn1c(C(C)N(CCOC)C(=O)c2cc(OC)cc(OC)c2)nc2ccc(Cl)cc2c1=O. The molecule has 1 heterocycles. The van der Waals surface area contributed by atoms with Crippen LogP contribution >= 0.6 is 11.6 Å². The van der Waals surface area contributed by atoms with E-state index in [1.165, 1.54) is 14.2 Å². The lowest BCUT2D eigenvalue weighted by Gasteiger charge is -2.30. The average Bonchev–Trinajstić information content (AvgIpc) is 2.83. The van der Waals surface area contributed by atoms with Gasteiger partial charge in [0.25, 0.3) is 11.5 Å². The minimum atomic E-state index is -0.516. The molecule has 0 fully saturated rings. The van der Waals surface area contributed by atoms with Gasteiger partial charge in [0.05, 0.1) is 37.8 Å². The molecule has 33 heavy (non-hydrogen) atoms. The first kappa shape index (κ1) is 24.5. The summed E-state index contributed by atoms with van der Waals surface area (Å²) in [5, 5.41) is 0.904. The monoisotopic (exact) mass is 473 g/mol. The third kappa shape index (κ3) is 5.12. The van der Waals surface area contributed by atoms with Gasteiger partial charge in [-0.05, 0) is 44.2 Å². The van der Waals surface area contributed by atoms with Gasteiger partial charge in [0, 0.05) is 36.9 Å². The van der Waals surface area contributed by atoms with Crippen LogP contribution in [0.5, 0.6) is 11.5 Å². The van der Waals surface area contributed by atoms with E-state index in [0.717, 1.165) is 0 Å². The Bertz CT molecular complexity index is 1190. The van der Waals surface area contributed by atoms with Gasteiger partial charge < -0.3 is 19.1 Å². The summed E-state index contributed by atoms with van der Waals surface area (Å²) in [6, 6.07) is 9.51. The predicted molar refractivity (Wildman–Crippen MR) is 128 cm³/mol. The first-order valence-electron chi connectivity index (χ1n) is 10.6. The van der Waals surface area contributed by atoms with Crippen molar-refractivity contribution in [2.24, 2.45) is 0 Å². The van der Waals surface area contributed by atoms with Crippen molar-refractivity contribution in [2.45, 2.75) is 26.4 Å². The largest absolute Gasteiger partial charge is 0.497 e. The molecule has 0 radical (unpaired) electrons. The lowest BCUT2D eigenvalue weighted by molar-refractivity contribution is 0.0602. The maximum atomic E-state index is 13.6. The van der Waals surface area contributed by atoms with Crippen LogP contribution in [0.15, 0.2) is 41.2 Å². The van der Waals surface area contributed by atoms with Crippen LogP contribution in [0.3, 0.4) is 0 Å². The molecule has 0 saturated heterocycles. The second-order valence-corrected chi connectivity index (χ2v) is 7.89. The van der Waals surface area contributed by atoms with E-state index in [-0.39, 0.29) is 11.5 Å². The topological polar surface area (TPSA) is 82.9 Å². The number of hydrogen-bond donors (Lipinski definition) is 0. The van der Waals surface area contributed by atoms with Crippen molar-refractivity contribution < 1.29 is 19.0 Å². The third-order valence-electron chi connectivity index (χ3n) is 5.50. The molecule has 3 aromatic rings. The van der Waals surface area contributed by atoms with E-state index in [1.54, 1.807) is 53.0 Å². The molecule has 9 heteroatoms. The minimum absolute atomic E-state index is 0.200. The van der Waals surface area contributed by atoms with Crippen molar-refractivity contribution in [1.29, 1.82) is 0 Å². The summed E-state index contributed by atoms with van der Waals surface area (Å²) in [6.45, 7) is 4.73. The molecule has 3 rings (SSSR count). The van der Waals surface area contributed by atoms with Gasteiger partial charge in [-0.2, -0.15) is 0 Å². The Kier molecular flexibility index (Phi) is 7.94. The zero-order valence-electron chi connectivity index (χ0n) is 19.4. The van der Waals surface area contributed by atoms with Gasteiger partial charge in [0.15, 0.2) is 0 Å². The van der Waals surface area contributed by atoms with Gasteiger partial charge in [0.2, 0.25) is 0 Å². The number of carbonyl (C=O) groups is 1. The second kappa shape index (κ2) is 10.7. The molecule has 0 N–H and O–H groups in total. The summed E-state index contributed by atoms with van der Waals surface area (Å²) in [7, 11) is 4.63. The maximum absolute atomic E-state index is 13.6. The molecule has 0 saturated carbocycles. The van der Waals surface area contributed by atoms with Crippen molar-refractivity contribution in [3.8, 4) is 11.5 Å². The molecule has 1 atom stereocenters. The molecule has 0 aliphatic heterocycles. The predicted octanol–water partition coefficient (Wildman–Crippen LogP) is 3.94. The summed E-state index contributed by atoms with van der Waals surface area (Å²) in [5.74, 6) is 1.23. The number of carbonyl (C=O) groups excluding carboxylic acids is 1. The first-order valence-corrected chi connectivity index (χ1v) is 10.9. The molecule has 0 aliphatic rings. The lowest BCUT2D eigenvalue weighted by Crippen LogP contribution is -2.39. The summed E-state index contributed by atoms with van der Waals surface area (Å²) in [6.07, 6.45) is 0. The van der Waals surface area contributed by atoms with Crippen LogP contribution in [0.25, 0.3) is 10.9 Å². The van der Waals surface area contributed by atoms with E-state index >= 15 is 0 Å². The van der Waals surface area contributed by atoms with Crippen LogP contribution in [0.4, 0.5) is 0 Å². The number of fused-ring (bicyclic) bond motifs is 1. The number of ether oxygens (including phenoxy) is 3. The second-order valence-electron chi connectivity index (χ2n) is 7.45. The third-order valence-corrected chi connectivity index (χ3v) is 5.73. The lowest BCUT2D eigenvalue weighted by atomic mass is 10.1. The Morgan fingerprint density at radius 1 is 1.12 bits per heavy atom. The summed E-state index contributed by atoms with van der Waals surface area (Å²) in [4.78, 5) is 33.2. The fourth-order valence-electron chi connectivity index (χ4n) is 3.73. The highest BCUT2D eigenvalue weighted by Crippen LogP contribution is 2.27. The Morgan fingerprint density at radius 3 is 2.36 bits per heavy atom. The number of aromatic nitrogens is 2. The number of methoxy groups -OCH3 is 3. The molecule has 0 bridgehead atoms. The van der Waals surface area contributed by atoms with E-state index in [9.17, 15) is 9.59 Å². The van der Waals surface area contributed by atoms with Gasteiger partial charge in [-0.25, -0.2) is 4.98 Å². The fourth-order valence-corrected chi connectivity index (χ4v) is 3.90. The standard InChI is InChI=1S/C24H28ClN3O5/c1-6-27-22(26-21-8-7-17(25)13-20(21)24(27)30)15(2)28(9-10-31-3)23(29)16-11-18(32-4)14-19(12-16)33-5/h7-8,11-15H,6,9-10H2,1-5H3. The van der Waals surface area contributed by atoms with Crippen molar-refractivity contribution in [3.63, 3.8) is 0 Å². The van der Waals surface area contributed by atoms with E-state index < -0.39 is 6.04 Å². The maximum Gasteiger partial charge on any atom is 0.261 e. The molecule has 0 aliphatic carbocycles. The molecule has 0 spiro atoms. The summed E-state index contributed by atoms with van der Waals surface area (Å²) >= 11 is 6.09. The highest BCUT2D eigenvalue weighted by atomic mass is 35.5. The summed E-state index contributed by atoms with van der Waals surface area (Å²) in [5.41, 5.74) is 0.722. The van der Waals surface area contributed by atoms with E-state index in [4.69, 9.17) is 30.8 Å². The minimum Gasteiger partial charge on any atom is -0.497 e. The molecular weight excluding hydrogens is 446 g/mol. The van der Waals surface area contributed by atoms with E-state index in [0.29, 0.717) is 58.5 Å². The number of rotatable bonds is 9. The first-order chi connectivity index (χ1) is 15.8. The molecular formula is C24H28ClN3O5. The Morgan fingerprint density at radius 2 is 1.79 bits per heavy atom. The Labute approximate surface area is 197 Å².